The molecule has 0 saturated heterocycles. The van der Waals surface area contributed by atoms with Gasteiger partial charge in [0.1, 0.15) is 5.60 Å². The van der Waals surface area contributed by atoms with E-state index in [9.17, 15) is 18.0 Å². The predicted molar refractivity (Wildman–Crippen MR) is 118 cm³/mol. The lowest BCUT2D eigenvalue weighted by molar-refractivity contribution is 0.0526. The van der Waals surface area contributed by atoms with Crippen LogP contribution in [0.15, 0.2) is 59.5 Å². The minimum Gasteiger partial charge on any atom is -0.444 e. The molecule has 1 atom stereocenters. The fourth-order valence-corrected chi connectivity index (χ4v) is 3.37. The van der Waals surface area contributed by atoms with Crippen LogP contribution in [0.3, 0.4) is 0 Å². The molecule has 0 saturated carbocycles. The number of amides is 2. The Balaban J connectivity index is 2.00. The highest BCUT2D eigenvalue weighted by atomic mass is 32.2. The number of carbonyl (C=O) groups excluding carboxylic acids is 2. The van der Waals surface area contributed by atoms with Crippen LogP contribution in [0.2, 0.25) is 0 Å². The number of benzene rings is 2. The van der Waals surface area contributed by atoms with E-state index < -0.39 is 21.7 Å². The van der Waals surface area contributed by atoms with E-state index in [1.807, 2.05) is 30.3 Å². The van der Waals surface area contributed by atoms with Gasteiger partial charge in [0.05, 0.1) is 10.9 Å². The summed E-state index contributed by atoms with van der Waals surface area (Å²) in [6.45, 7) is 5.78. The van der Waals surface area contributed by atoms with E-state index >= 15 is 0 Å². The summed E-state index contributed by atoms with van der Waals surface area (Å²) >= 11 is 0. The summed E-state index contributed by atoms with van der Waals surface area (Å²) in [6, 6.07) is 14.6. The van der Waals surface area contributed by atoms with Crippen LogP contribution in [0, 0.1) is 0 Å². The van der Waals surface area contributed by atoms with Crippen LogP contribution in [-0.4, -0.2) is 32.6 Å². The third-order valence-electron chi connectivity index (χ3n) is 4.29. The summed E-state index contributed by atoms with van der Waals surface area (Å²) in [5.74, 6) is -0.338. The molecule has 0 spiro atoms. The van der Waals surface area contributed by atoms with E-state index in [0.29, 0.717) is 24.9 Å². The average molecular weight is 448 g/mol. The standard InChI is InChI=1S/C22H29N3O5S/c1-22(2,3)30-21(27)24-15-7-10-19(16-8-5-4-6-9-16)25-20(26)17-11-13-18(14-12-17)31(23,28)29/h4-6,8-9,11-14,19H,7,10,15H2,1-3H3,(H,24,27)(H,25,26)(H2,23,28,29)/t19-/m1/s1. The van der Waals surface area contributed by atoms with Crippen molar-refractivity contribution >= 4 is 22.0 Å². The number of nitrogens with two attached hydrogens (primary N) is 1. The van der Waals surface area contributed by atoms with Gasteiger partial charge in [-0.05, 0) is 63.4 Å². The fourth-order valence-electron chi connectivity index (χ4n) is 2.86. The van der Waals surface area contributed by atoms with Crippen LogP contribution in [0.1, 0.15) is 55.6 Å². The summed E-state index contributed by atoms with van der Waals surface area (Å²) in [5, 5.41) is 10.8. The Morgan fingerprint density at radius 2 is 1.65 bits per heavy atom. The fraction of sp³-hybridized carbons (Fsp3) is 0.364. The Kier molecular flexibility index (Phi) is 8.18. The Hall–Kier alpha value is -2.91. The van der Waals surface area contributed by atoms with Gasteiger partial charge in [0.15, 0.2) is 0 Å². The number of carbonyl (C=O) groups is 2. The molecule has 8 nitrogen and oxygen atoms in total. The Labute approximate surface area is 183 Å². The molecule has 0 heterocycles. The molecular weight excluding hydrogens is 418 g/mol. The van der Waals surface area contributed by atoms with E-state index in [4.69, 9.17) is 9.88 Å². The average Bonchev–Trinajstić information content (AvgIpc) is 2.69. The smallest absolute Gasteiger partial charge is 0.407 e. The Bertz CT molecular complexity index is 984. The van der Waals surface area contributed by atoms with Gasteiger partial charge in [-0.15, -0.1) is 0 Å². The number of hydrogen-bond acceptors (Lipinski definition) is 5. The molecule has 0 radical (unpaired) electrons. The molecule has 0 aliphatic rings. The number of hydrogen-bond donors (Lipinski definition) is 3. The van der Waals surface area contributed by atoms with Crippen molar-refractivity contribution in [3.63, 3.8) is 0 Å². The van der Waals surface area contributed by atoms with Gasteiger partial charge in [-0.25, -0.2) is 18.4 Å². The van der Waals surface area contributed by atoms with Crippen molar-refractivity contribution in [2.45, 2.75) is 50.2 Å². The van der Waals surface area contributed by atoms with Gasteiger partial charge in [-0.2, -0.15) is 0 Å². The molecule has 2 amide bonds. The third-order valence-corrected chi connectivity index (χ3v) is 5.22. The van der Waals surface area contributed by atoms with Gasteiger partial charge in [0.25, 0.3) is 5.91 Å². The van der Waals surface area contributed by atoms with Gasteiger partial charge in [0, 0.05) is 12.1 Å². The largest absolute Gasteiger partial charge is 0.444 e. The number of alkyl carbamates (subject to hydrolysis) is 1. The second-order valence-corrected chi connectivity index (χ2v) is 9.64. The molecule has 2 aromatic carbocycles. The SMILES string of the molecule is CC(C)(C)OC(=O)NCCC[C@@H](NC(=O)c1ccc(S(N)(=O)=O)cc1)c1ccccc1. The molecule has 0 fully saturated rings. The number of sulfonamides is 1. The quantitative estimate of drug-likeness (QED) is 0.536. The highest BCUT2D eigenvalue weighted by molar-refractivity contribution is 7.89. The molecule has 31 heavy (non-hydrogen) atoms. The van der Waals surface area contributed by atoms with Crippen molar-refractivity contribution in [1.82, 2.24) is 10.6 Å². The normalized spacial score (nSPS) is 12.6. The number of ether oxygens (including phenoxy) is 1. The summed E-state index contributed by atoms with van der Waals surface area (Å²) in [7, 11) is -3.82. The van der Waals surface area contributed by atoms with Gasteiger partial charge in [-0.3, -0.25) is 4.79 Å². The van der Waals surface area contributed by atoms with Crippen molar-refractivity contribution < 1.29 is 22.7 Å². The second kappa shape index (κ2) is 10.4. The predicted octanol–water partition coefficient (Wildman–Crippen LogP) is 3.11. The van der Waals surface area contributed by atoms with E-state index in [-0.39, 0.29) is 16.8 Å². The maximum atomic E-state index is 12.7. The summed E-state index contributed by atoms with van der Waals surface area (Å²) < 4.78 is 28.0. The molecule has 2 rings (SSSR count). The molecular formula is C22H29N3O5S. The number of nitrogens with one attached hydrogen (secondary N) is 2. The minimum atomic E-state index is -3.82. The maximum absolute atomic E-state index is 12.7. The van der Waals surface area contributed by atoms with Crippen LogP contribution in [-0.2, 0) is 14.8 Å². The van der Waals surface area contributed by atoms with Gasteiger partial charge < -0.3 is 15.4 Å². The molecule has 4 N–H and O–H groups in total. The zero-order valence-electron chi connectivity index (χ0n) is 17.9. The second-order valence-electron chi connectivity index (χ2n) is 8.08. The number of rotatable bonds is 8. The topological polar surface area (TPSA) is 128 Å². The van der Waals surface area contributed by atoms with E-state index in [1.165, 1.54) is 24.3 Å². The van der Waals surface area contributed by atoms with Crippen molar-refractivity contribution in [1.29, 1.82) is 0 Å². The highest BCUT2D eigenvalue weighted by Gasteiger charge is 2.18. The van der Waals surface area contributed by atoms with Crippen LogP contribution in [0.5, 0.6) is 0 Å². The first-order chi connectivity index (χ1) is 14.5. The Morgan fingerprint density at radius 1 is 1.03 bits per heavy atom. The zero-order chi connectivity index (χ0) is 23.1. The molecule has 9 heteroatoms. The van der Waals surface area contributed by atoms with Crippen molar-refractivity contribution in [2.24, 2.45) is 5.14 Å². The van der Waals surface area contributed by atoms with Crippen molar-refractivity contribution in [3.05, 3.63) is 65.7 Å². The van der Waals surface area contributed by atoms with Gasteiger partial charge in [-0.1, -0.05) is 30.3 Å². The monoisotopic (exact) mass is 447 g/mol. The highest BCUT2D eigenvalue weighted by Crippen LogP contribution is 2.19. The first-order valence-corrected chi connectivity index (χ1v) is 11.5. The minimum absolute atomic E-state index is 0.0584. The summed E-state index contributed by atoms with van der Waals surface area (Å²) in [6.07, 6.45) is 0.715. The molecule has 0 aromatic heterocycles. The molecule has 0 bridgehead atoms. The van der Waals surface area contributed by atoms with Gasteiger partial charge in [0.2, 0.25) is 10.0 Å². The van der Waals surface area contributed by atoms with Crippen LogP contribution in [0.4, 0.5) is 4.79 Å². The molecule has 2 aromatic rings. The molecule has 168 valence electrons. The van der Waals surface area contributed by atoms with Crippen LogP contribution < -0.4 is 15.8 Å². The lowest BCUT2D eigenvalue weighted by Gasteiger charge is -2.21. The Morgan fingerprint density at radius 3 is 2.19 bits per heavy atom. The van der Waals surface area contributed by atoms with Crippen LogP contribution in [0.25, 0.3) is 0 Å². The van der Waals surface area contributed by atoms with E-state index in [2.05, 4.69) is 10.6 Å². The van der Waals surface area contributed by atoms with Crippen molar-refractivity contribution in [3.8, 4) is 0 Å². The molecule has 0 aliphatic carbocycles. The molecule has 0 aliphatic heterocycles. The van der Waals surface area contributed by atoms with Crippen LogP contribution >= 0.6 is 0 Å². The summed E-state index contributed by atoms with van der Waals surface area (Å²) in [5.41, 5.74) is 0.679. The lowest BCUT2D eigenvalue weighted by Crippen LogP contribution is -2.33. The van der Waals surface area contributed by atoms with E-state index in [1.54, 1.807) is 20.8 Å². The first-order valence-electron chi connectivity index (χ1n) is 9.91. The van der Waals surface area contributed by atoms with Crippen molar-refractivity contribution in [2.75, 3.05) is 6.54 Å². The number of primary sulfonamides is 1. The zero-order valence-corrected chi connectivity index (χ0v) is 18.7. The first kappa shape index (κ1) is 24.4. The maximum Gasteiger partial charge on any atom is 0.407 e. The summed E-state index contributed by atoms with van der Waals surface area (Å²) in [4.78, 5) is 24.4. The molecule has 0 unspecified atom stereocenters. The van der Waals surface area contributed by atoms with Gasteiger partial charge >= 0.3 is 6.09 Å². The lowest BCUT2D eigenvalue weighted by atomic mass is 10.0. The third kappa shape index (κ3) is 8.39. The van der Waals surface area contributed by atoms with E-state index in [0.717, 1.165) is 5.56 Å².